The first-order chi connectivity index (χ1) is 8.68. The number of hydrogen-bond donors (Lipinski definition) is 0. The molecule has 1 aliphatic rings. The van der Waals surface area contributed by atoms with Gasteiger partial charge in [-0.1, -0.05) is 53.5 Å². The van der Waals surface area contributed by atoms with E-state index in [2.05, 4.69) is 0 Å². The second kappa shape index (κ2) is 4.42. The van der Waals surface area contributed by atoms with Gasteiger partial charge in [-0.3, -0.25) is 4.79 Å². The number of Topliss-reactive ketones (excluding diaryl/α,β-unsaturated/α-hetero) is 1. The molecular weight excluding hydrogens is 267 g/mol. The van der Waals surface area contributed by atoms with Crippen molar-refractivity contribution in [3.8, 4) is 0 Å². The highest BCUT2D eigenvalue weighted by Crippen LogP contribution is 2.41. The highest BCUT2D eigenvalue weighted by molar-refractivity contribution is 6.36. The molecule has 0 bridgehead atoms. The average Bonchev–Trinajstić information content (AvgIpc) is 2.66. The second-order valence-electron chi connectivity index (χ2n) is 4.41. The molecule has 0 aliphatic heterocycles. The molecule has 2 aromatic carbocycles. The lowest BCUT2D eigenvalue weighted by atomic mass is 9.92. The van der Waals surface area contributed by atoms with E-state index in [1.807, 2.05) is 24.3 Å². The van der Waals surface area contributed by atoms with Gasteiger partial charge in [0.05, 0.1) is 5.92 Å². The predicted octanol–water partition coefficient (Wildman–Crippen LogP) is 4.25. The highest BCUT2D eigenvalue weighted by atomic mass is 35.5. The van der Waals surface area contributed by atoms with Gasteiger partial charge in [0.25, 0.3) is 0 Å². The molecule has 0 saturated carbocycles. The summed E-state index contributed by atoms with van der Waals surface area (Å²) < 4.78 is 0. The predicted molar refractivity (Wildman–Crippen MR) is 73.5 cm³/mol. The van der Waals surface area contributed by atoms with Crippen LogP contribution in [-0.2, 0) is 11.2 Å². The van der Waals surface area contributed by atoms with Gasteiger partial charge in [-0.2, -0.15) is 0 Å². The molecule has 90 valence electrons. The smallest absolute Gasteiger partial charge is 0.149 e. The fourth-order valence-electron chi connectivity index (χ4n) is 2.54. The van der Waals surface area contributed by atoms with Gasteiger partial charge in [-0.25, -0.2) is 0 Å². The van der Waals surface area contributed by atoms with Crippen molar-refractivity contribution in [1.29, 1.82) is 0 Å². The summed E-state index contributed by atoms with van der Waals surface area (Å²) in [4.78, 5) is 12.2. The zero-order chi connectivity index (χ0) is 12.7. The third-order valence-electron chi connectivity index (χ3n) is 3.34. The van der Waals surface area contributed by atoms with Crippen LogP contribution >= 0.6 is 23.2 Å². The summed E-state index contributed by atoms with van der Waals surface area (Å²) in [5, 5.41) is 1.11. The molecule has 1 atom stereocenters. The number of fused-ring (bicyclic) bond motifs is 1. The Bertz CT molecular complexity index is 614. The third kappa shape index (κ3) is 1.75. The Hall–Kier alpha value is -1.31. The number of benzene rings is 2. The Morgan fingerprint density at radius 2 is 1.61 bits per heavy atom. The molecule has 0 aromatic heterocycles. The molecule has 2 aromatic rings. The van der Waals surface area contributed by atoms with E-state index in [0.717, 1.165) is 16.7 Å². The standard InChI is InChI=1S/C15H10Cl2O/c16-11-6-3-7-12(17)15(11)14-10-5-2-1-4-9(10)8-13(14)18/h1-7,14H,8H2. The van der Waals surface area contributed by atoms with Crippen molar-refractivity contribution in [3.63, 3.8) is 0 Å². The second-order valence-corrected chi connectivity index (χ2v) is 5.22. The molecule has 0 N–H and O–H groups in total. The van der Waals surface area contributed by atoms with Crippen molar-refractivity contribution in [2.24, 2.45) is 0 Å². The first-order valence-corrected chi connectivity index (χ1v) is 6.48. The lowest BCUT2D eigenvalue weighted by Gasteiger charge is -2.14. The van der Waals surface area contributed by atoms with E-state index >= 15 is 0 Å². The monoisotopic (exact) mass is 276 g/mol. The minimum absolute atomic E-state index is 0.159. The first kappa shape index (κ1) is 11.8. The third-order valence-corrected chi connectivity index (χ3v) is 4.00. The van der Waals surface area contributed by atoms with Crippen LogP contribution in [0.5, 0.6) is 0 Å². The maximum atomic E-state index is 12.2. The van der Waals surface area contributed by atoms with Crippen LogP contribution in [0.15, 0.2) is 42.5 Å². The first-order valence-electron chi connectivity index (χ1n) is 5.73. The molecule has 3 heteroatoms. The van der Waals surface area contributed by atoms with Crippen molar-refractivity contribution in [1.82, 2.24) is 0 Å². The van der Waals surface area contributed by atoms with Crippen LogP contribution < -0.4 is 0 Å². The Morgan fingerprint density at radius 1 is 0.944 bits per heavy atom. The number of hydrogen-bond acceptors (Lipinski definition) is 1. The molecule has 1 nitrogen and oxygen atoms in total. The van der Waals surface area contributed by atoms with Gasteiger partial charge in [0, 0.05) is 22.0 Å². The van der Waals surface area contributed by atoms with Gasteiger partial charge in [0.2, 0.25) is 0 Å². The van der Waals surface area contributed by atoms with Gasteiger partial charge in [0.15, 0.2) is 0 Å². The summed E-state index contributed by atoms with van der Waals surface area (Å²) in [5.74, 6) is -0.159. The summed E-state index contributed by atoms with van der Waals surface area (Å²) in [7, 11) is 0. The minimum atomic E-state index is -0.317. The number of carbonyl (C=O) groups is 1. The topological polar surface area (TPSA) is 17.1 Å². The summed E-state index contributed by atoms with van der Waals surface area (Å²) in [6, 6.07) is 13.2. The lowest BCUT2D eigenvalue weighted by Crippen LogP contribution is -2.09. The van der Waals surface area contributed by atoms with E-state index in [0.29, 0.717) is 16.5 Å². The van der Waals surface area contributed by atoms with Gasteiger partial charge in [-0.15, -0.1) is 0 Å². The largest absolute Gasteiger partial charge is 0.298 e. The van der Waals surface area contributed by atoms with Crippen LogP contribution in [0, 0.1) is 0 Å². The Balaban J connectivity index is 2.21. The molecule has 1 aliphatic carbocycles. The number of carbonyl (C=O) groups excluding carboxylic acids is 1. The molecule has 0 amide bonds. The quantitative estimate of drug-likeness (QED) is 0.761. The van der Waals surface area contributed by atoms with Crippen LogP contribution in [0.25, 0.3) is 0 Å². The molecule has 0 spiro atoms. The molecule has 18 heavy (non-hydrogen) atoms. The van der Waals surface area contributed by atoms with E-state index < -0.39 is 0 Å². The van der Waals surface area contributed by atoms with Crippen molar-refractivity contribution in [3.05, 3.63) is 69.2 Å². The summed E-state index contributed by atoms with van der Waals surface area (Å²) >= 11 is 12.4. The molecule has 0 saturated heterocycles. The number of halogens is 2. The number of rotatable bonds is 1. The normalized spacial score (nSPS) is 17.9. The van der Waals surface area contributed by atoms with Crippen LogP contribution in [0.1, 0.15) is 22.6 Å². The van der Waals surface area contributed by atoms with Gasteiger partial charge in [-0.05, 0) is 23.3 Å². The Morgan fingerprint density at radius 3 is 2.33 bits per heavy atom. The fraction of sp³-hybridized carbons (Fsp3) is 0.133. The zero-order valence-corrected chi connectivity index (χ0v) is 11.0. The fourth-order valence-corrected chi connectivity index (χ4v) is 3.16. The van der Waals surface area contributed by atoms with Crippen molar-refractivity contribution in [2.45, 2.75) is 12.3 Å². The van der Waals surface area contributed by atoms with E-state index in [1.54, 1.807) is 18.2 Å². The van der Waals surface area contributed by atoms with Gasteiger partial charge in [0.1, 0.15) is 5.78 Å². The molecule has 0 radical (unpaired) electrons. The van der Waals surface area contributed by atoms with Crippen LogP contribution in [0.4, 0.5) is 0 Å². The summed E-state index contributed by atoms with van der Waals surface area (Å²) in [5.41, 5.74) is 2.83. The Kier molecular flexibility index (Phi) is 2.89. The van der Waals surface area contributed by atoms with Crippen molar-refractivity contribution in [2.75, 3.05) is 0 Å². The lowest BCUT2D eigenvalue weighted by molar-refractivity contribution is -0.118. The molecule has 3 rings (SSSR count). The average molecular weight is 277 g/mol. The maximum absolute atomic E-state index is 12.2. The van der Waals surface area contributed by atoms with E-state index in [9.17, 15) is 4.79 Å². The molecule has 0 heterocycles. The zero-order valence-electron chi connectivity index (χ0n) is 9.49. The van der Waals surface area contributed by atoms with E-state index in [1.165, 1.54) is 0 Å². The minimum Gasteiger partial charge on any atom is -0.298 e. The maximum Gasteiger partial charge on any atom is 0.149 e. The molecular formula is C15H10Cl2O. The molecule has 0 fully saturated rings. The van der Waals surface area contributed by atoms with Gasteiger partial charge >= 0.3 is 0 Å². The SMILES string of the molecule is O=C1Cc2ccccc2C1c1c(Cl)cccc1Cl. The highest BCUT2D eigenvalue weighted by Gasteiger charge is 2.34. The Labute approximate surface area is 115 Å². The summed E-state index contributed by atoms with van der Waals surface area (Å²) in [6.45, 7) is 0. The van der Waals surface area contributed by atoms with E-state index in [4.69, 9.17) is 23.2 Å². The van der Waals surface area contributed by atoms with Crippen molar-refractivity contribution < 1.29 is 4.79 Å². The molecule has 1 unspecified atom stereocenters. The van der Waals surface area contributed by atoms with Gasteiger partial charge < -0.3 is 0 Å². The van der Waals surface area contributed by atoms with Crippen LogP contribution in [0.3, 0.4) is 0 Å². The van der Waals surface area contributed by atoms with Crippen molar-refractivity contribution >= 4 is 29.0 Å². The van der Waals surface area contributed by atoms with E-state index in [-0.39, 0.29) is 11.7 Å². The summed E-state index contributed by atoms with van der Waals surface area (Å²) in [6.07, 6.45) is 0.461. The van der Waals surface area contributed by atoms with Crippen LogP contribution in [-0.4, -0.2) is 5.78 Å². The van der Waals surface area contributed by atoms with Crippen LogP contribution in [0.2, 0.25) is 10.0 Å². The number of ketones is 1.